The Morgan fingerprint density at radius 1 is 1.25 bits per heavy atom. The van der Waals surface area contributed by atoms with Crippen molar-refractivity contribution in [3.05, 3.63) is 41.0 Å². The van der Waals surface area contributed by atoms with Crippen molar-refractivity contribution in [2.75, 3.05) is 22.5 Å². The number of guanidine groups is 1. The first-order chi connectivity index (χ1) is 13.6. The number of nitriles is 2. The molecule has 0 saturated carbocycles. The average molecular weight is 392 g/mol. The molecule has 28 heavy (non-hydrogen) atoms. The van der Waals surface area contributed by atoms with Crippen molar-refractivity contribution in [2.24, 2.45) is 4.99 Å². The van der Waals surface area contributed by atoms with E-state index in [2.05, 4.69) is 27.5 Å². The molecule has 0 radical (unpaired) electrons. The monoisotopic (exact) mass is 392 g/mol. The Morgan fingerprint density at radius 2 is 2.00 bits per heavy atom. The second kappa shape index (κ2) is 8.51. The molecule has 9 heteroatoms. The molecule has 1 atom stereocenters. The van der Waals surface area contributed by atoms with Crippen LogP contribution in [0.2, 0.25) is 0 Å². The lowest BCUT2D eigenvalue weighted by Crippen LogP contribution is -2.32. The number of nitrogens with zero attached hydrogens (tertiary/aromatic N) is 4. The fourth-order valence-corrected chi connectivity index (χ4v) is 3.90. The van der Waals surface area contributed by atoms with Crippen molar-refractivity contribution in [2.45, 2.75) is 30.7 Å². The van der Waals surface area contributed by atoms with E-state index < -0.39 is 6.04 Å². The molecule has 0 fully saturated rings. The maximum atomic E-state index is 9.37. The maximum Gasteiger partial charge on any atom is 0.211 e. The van der Waals surface area contributed by atoms with Gasteiger partial charge in [-0.15, -0.1) is 11.8 Å². The van der Waals surface area contributed by atoms with E-state index in [9.17, 15) is 5.26 Å². The number of thioether (sulfide) groups is 1. The predicted octanol–water partition coefficient (Wildman–Crippen LogP) is 2.95. The number of nitrogen functional groups attached to an aromatic ring is 2. The Kier molecular flexibility index (Phi) is 5.87. The number of nitrogens with one attached hydrogen (secondary N) is 2. The van der Waals surface area contributed by atoms with Crippen LogP contribution in [0.25, 0.3) is 0 Å². The molecule has 0 saturated heterocycles. The van der Waals surface area contributed by atoms with Gasteiger partial charge in [0.1, 0.15) is 29.3 Å². The molecule has 8 nitrogen and oxygen atoms in total. The number of aromatic nitrogens is 1. The van der Waals surface area contributed by atoms with Crippen molar-refractivity contribution in [1.29, 1.82) is 10.5 Å². The van der Waals surface area contributed by atoms with Crippen molar-refractivity contribution in [3.63, 3.8) is 0 Å². The molecule has 0 aliphatic carbocycles. The second-order valence-corrected chi connectivity index (χ2v) is 7.34. The number of rotatable bonds is 5. The summed E-state index contributed by atoms with van der Waals surface area (Å²) in [6.45, 7) is 2.17. The molecule has 3 rings (SSSR count). The fourth-order valence-electron chi connectivity index (χ4n) is 2.90. The first-order valence-electron chi connectivity index (χ1n) is 8.80. The third kappa shape index (κ3) is 3.80. The molecule has 2 heterocycles. The number of anilines is 3. The Balaban J connectivity index is 2.02. The van der Waals surface area contributed by atoms with Crippen LogP contribution in [0.1, 0.15) is 42.5 Å². The van der Waals surface area contributed by atoms with Crippen LogP contribution in [0.3, 0.4) is 0 Å². The first kappa shape index (κ1) is 19.3. The van der Waals surface area contributed by atoms with Crippen LogP contribution >= 0.6 is 11.8 Å². The maximum absolute atomic E-state index is 9.37. The molecular formula is C19H20N8S. The van der Waals surface area contributed by atoms with Gasteiger partial charge in [-0.3, -0.25) is 5.32 Å². The van der Waals surface area contributed by atoms with Gasteiger partial charge < -0.3 is 16.8 Å². The number of pyridine rings is 1. The summed E-state index contributed by atoms with van der Waals surface area (Å²) in [6.07, 6.45) is 4.17. The molecule has 6 N–H and O–H groups in total. The van der Waals surface area contributed by atoms with E-state index in [-0.39, 0.29) is 23.0 Å². The largest absolute Gasteiger partial charge is 0.397 e. The Hall–Kier alpha value is -3.43. The van der Waals surface area contributed by atoms with Gasteiger partial charge in [0.2, 0.25) is 5.96 Å². The standard InChI is InChI=1S/C19H20N8S/c1-2-3-8-28-12-6-4-11(5-7-12)16-14-15(22)13(9-20)17(23)26-18(14)27-19(25-16)24-10-21/h4-7,16H,2-3,8H2,1H3,(H6,22,23,24,25,26,27). The van der Waals surface area contributed by atoms with E-state index in [1.54, 1.807) is 11.8 Å². The summed E-state index contributed by atoms with van der Waals surface area (Å²) < 4.78 is 0. The number of fused-ring (bicyclic) bond motifs is 1. The van der Waals surface area contributed by atoms with E-state index >= 15 is 0 Å². The van der Waals surface area contributed by atoms with Crippen LogP contribution in [0.4, 0.5) is 17.3 Å². The highest BCUT2D eigenvalue weighted by molar-refractivity contribution is 7.99. The Labute approximate surface area is 167 Å². The smallest absolute Gasteiger partial charge is 0.211 e. The average Bonchev–Trinajstić information content (AvgIpc) is 2.68. The van der Waals surface area contributed by atoms with Gasteiger partial charge in [-0.1, -0.05) is 25.5 Å². The minimum atomic E-state index is -0.512. The van der Waals surface area contributed by atoms with Crippen LogP contribution in [0.5, 0.6) is 0 Å². The summed E-state index contributed by atoms with van der Waals surface area (Å²) in [5.41, 5.74) is 13.9. The van der Waals surface area contributed by atoms with E-state index in [1.165, 1.54) is 11.3 Å². The zero-order valence-corrected chi connectivity index (χ0v) is 16.2. The van der Waals surface area contributed by atoms with Gasteiger partial charge in [-0.25, -0.2) is 9.98 Å². The fraction of sp³-hybridized carbons (Fsp3) is 0.263. The lowest BCUT2D eigenvalue weighted by atomic mass is 9.95. The second-order valence-electron chi connectivity index (χ2n) is 6.17. The van der Waals surface area contributed by atoms with Crippen molar-refractivity contribution >= 4 is 35.0 Å². The van der Waals surface area contributed by atoms with Crippen LogP contribution in [-0.2, 0) is 0 Å². The summed E-state index contributed by atoms with van der Waals surface area (Å²) >= 11 is 1.81. The number of hydrogen-bond donors (Lipinski definition) is 4. The third-order valence-corrected chi connectivity index (χ3v) is 5.42. The van der Waals surface area contributed by atoms with Gasteiger partial charge in [0.25, 0.3) is 0 Å². The van der Waals surface area contributed by atoms with Crippen LogP contribution in [0.15, 0.2) is 34.2 Å². The highest BCUT2D eigenvalue weighted by Crippen LogP contribution is 2.40. The summed E-state index contributed by atoms with van der Waals surface area (Å²) in [6, 6.07) is 9.52. The van der Waals surface area contributed by atoms with Gasteiger partial charge in [0, 0.05) is 10.5 Å². The van der Waals surface area contributed by atoms with Gasteiger partial charge in [-0.05, 0) is 29.9 Å². The van der Waals surface area contributed by atoms with Gasteiger partial charge in [0.05, 0.1) is 5.69 Å². The molecule has 0 bridgehead atoms. The number of unbranched alkanes of at least 4 members (excludes halogenated alkanes) is 1. The molecule has 1 aromatic carbocycles. The molecule has 1 unspecified atom stereocenters. The molecule has 142 valence electrons. The van der Waals surface area contributed by atoms with Gasteiger partial charge >= 0.3 is 0 Å². The highest BCUT2D eigenvalue weighted by atomic mass is 32.2. The minimum absolute atomic E-state index is 0.0332. The molecule has 1 aliphatic rings. The van der Waals surface area contributed by atoms with Gasteiger partial charge in [-0.2, -0.15) is 10.5 Å². The quantitative estimate of drug-likeness (QED) is 0.262. The summed E-state index contributed by atoms with van der Waals surface area (Å²) in [5.74, 6) is 1.73. The van der Waals surface area contributed by atoms with Gasteiger partial charge in [0.15, 0.2) is 6.19 Å². The molecule has 1 aliphatic heterocycles. The normalized spacial score (nSPS) is 14.8. The molecular weight excluding hydrogens is 372 g/mol. The van der Waals surface area contributed by atoms with Crippen LogP contribution in [0, 0.1) is 22.8 Å². The first-order valence-corrected chi connectivity index (χ1v) is 9.79. The van der Waals surface area contributed by atoms with E-state index in [0.29, 0.717) is 11.4 Å². The predicted molar refractivity (Wildman–Crippen MR) is 112 cm³/mol. The molecule has 0 amide bonds. The third-order valence-electron chi connectivity index (χ3n) is 4.32. The lowest BCUT2D eigenvalue weighted by Gasteiger charge is -2.26. The summed E-state index contributed by atoms with van der Waals surface area (Å²) in [5, 5.41) is 23.7. The van der Waals surface area contributed by atoms with Crippen LogP contribution in [-0.4, -0.2) is 16.7 Å². The SMILES string of the molecule is CCCCSc1ccc(C2N=C(NC#N)Nc3nc(N)c(C#N)c(N)c32)cc1. The Bertz CT molecular complexity index is 985. The number of hydrogen-bond acceptors (Lipinski definition) is 9. The highest BCUT2D eigenvalue weighted by Gasteiger charge is 2.29. The Morgan fingerprint density at radius 3 is 2.64 bits per heavy atom. The van der Waals surface area contributed by atoms with Crippen molar-refractivity contribution in [1.82, 2.24) is 10.3 Å². The number of nitrogens with two attached hydrogens (primary N) is 2. The number of aliphatic imine (C=N–C) groups is 1. The van der Waals surface area contributed by atoms with Crippen molar-refractivity contribution in [3.8, 4) is 12.3 Å². The van der Waals surface area contributed by atoms with E-state index in [4.69, 9.17) is 16.7 Å². The lowest BCUT2D eigenvalue weighted by molar-refractivity contribution is 0.845. The molecule has 2 aromatic rings. The zero-order chi connectivity index (χ0) is 20.1. The minimum Gasteiger partial charge on any atom is -0.397 e. The summed E-state index contributed by atoms with van der Waals surface area (Å²) in [7, 11) is 0. The molecule has 0 spiro atoms. The van der Waals surface area contributed by atoms with Crippen LogP contribution < -0.4 is 22.1 Å². The topological polar surface area (TPSA) is 149 Å². The van der Waals surface area contributed by atoms with Crippen molar-refractivity contribution < 1.29 is 0 Å². The number of benzene rings is 1. The zero-order valence-electron chi connectivity index (χ0n) is 15.4. The molecule has 1 aromatic heterocycles. The van der Waals surface area contributed by atoms with E-state index in [0.717, 1.165) is 17.7 Å². The van der Waals surface area contributed by atoms with E-state index in [1.807, 2.05) is 36.5 Å². The summed E-state index contributed by atoms with van der Waals surface area (Å²) in [4.78, 5) is 9.97.